The Kier molecular flexibility index (Phi) is 10.4. The van der Waals surface area contributed by atoms with E-state index in [4.69, 9.17) is 14.2 Å². The number of Topliss-reactive ketones (excluding diaryl/α,β-unsaturated/α-hetero) is 1. The topological polar surface area (TPSA) is 115 Å². The molecule has 7 atom stereocenters. The van der Waals surface area contributed by atoms with Gasteiger partial charge in [0, 0.05) is 11.8 Å². The van der Waals surface area contributed by atoms with Gasteiger partial charge in [0.05, 0.1) is 52.3 Å². The highest BCUT2D eigenvalue weighted by atomic mass is 32.1. The van der Waals surface area contributed by atoms with Crippen molar-refractivity contribution in [1.82, 2.24) is 4.98 Å². The first-order valence-corrected chi connectivity index (χ1v) is 15.7. The second-order valence-corrected chi connectivity index (χ2v) is 13.4. The van der Waals surface area contributed by atoms with Crippen molar-refractivity contribution in [2.75, 3.05) is 0 Å². The molecule has 228 valence electrons. The second kappa shape index (κ2) is 13.6. The lowest BCUT2D eigenvalue weighted by molar-refractivity contribution is -0.154. The van der Waals surface area contributed by atoms with Gasteiger partial charge in [-0.2, -0.15) is 0 Å². The van der Waals surface area contributed by atoms with E-state index < -0.39 is 41.6 Å². The second-order valence-electron chi connectivity index (χ2n) is 12.3. The first-order valence-electron chi connectivity index (χ1n) is 14.8. The summed E-state index contributed by atoms with van der Waals surface area (Å²) in [6.45, 7) is 10.8. The summed E-state index contributed by atoms with van der Waals surface area (Å²) >= 11 is 1.55. The largest absolute Gasteiger partial charge is 0.458 e. The summed E-state index contributed by atoms with van der Waals surface area (Å²) in [6, 6.07) is 8.71. The summed E-state index contributed by atoms with van der Waals surface area (Å²) in [5.41, 5.74) is 0.787. The van der Waals surface area contributed by atoms with Crippen LogP contribution in [0.2, 0.25) is 0 Å². The molecule has 1 aromatic heterocycles. The Balaban J connectivity index is 1.55. The number of benzene rings is 1. The molecule has 2 saturated heterocycles. The monoisotopic (exact) mass is 597 g/mol. The Morgan fingerprint density at radius 1 is 1.14 bits per heavy atom. The van der Waals surface area contributed by atoms with Gasteiger partial charge in [0.25, 0.3) is 0 Å². The van der Waals surface area contributed by atoms with Crippen molar-refractivity contribution in [2.24, 2.45) is 17.3 Å². The molecule has 0 radical (unpaired) electrons. The summed E-state index contributed by atoms with van der Waals surface area (Å²) in [4.78, 5) is 44.5. The zero-order valence-corrected chi connectivity index (χ0v) is 26.2. The third kappa shape index (κ3) is 7.94. The number of aryl methyl sites for hydroxylation is 1. The molecule has 4 rings (SSSR count). The molecule has 1 aromatic carbocycles. The Morgan fingerprint density at radius 3 is 2.52 bits per heavy atom. The van der Waals surface area contributed by atoms with Crippen LogP contribution in [0, 0.1) is 24.2 Å². The fourth-order valence-electron chi connectivity index (χ4n) is 5.75. The quantitative estimate of drug-likeness (QED) is 0.340. The van der Waals surface area contributed by atoms with Crippen molar-refractivity contribution < 1.29 is 33.7 Å². The van der Waals surface area contributed by atoms with Gasteiger partial charge >= 0.3 is 11.9 Å². The van der Waals surface area contributed by atoms with E-state index >= 15 is 0 Å². The fourth-order valence-corrected chi connectivity index (χ4v) is 6.32. The number of epoxide rings is 1. The van der Waals surface area contributed by atoms with Crippen LogP contribution >= 0.6 is 11.3 Å². The maximum atomic E-state index is 13.8. The number of aliphatic hydroxyl groups excluding tert-OH is 1. The number of ether oxygens (including phenoxy) is 3. The third-order valence-electron chi connectivity index (χ3n) is 8.62. The lowest BCUT2D eigenvalue weighted by Crippen LogP contribution is -2.47. The number of carbonyl (C=O) groups is 3. The van der Waals surface area contributed by atoms with Crippen LogP contribution in [0.25, 0.3) is 6.08 Å². The number of cyclic esters (lactones) is 1. The molecule has 2 fully saturated rings. The van der Waals surface area contributed by atoms with Crippen LogP contribution in [0.4, 0.5) is 0 Å². The normalized spacial score (nSPS) is 31.1. The number of hydrogen-bond donors (Lipinski definition) is 1. The van der Waals surface area contributed by atoms with E-state index in [0.717, 1.165) is 35.5 Å². The molecule has 42 heavy (non-hydrogen) atoms. The molecule has 9 heteroatoms. The van der Waals surface area contributed by atoms with E-state index in [0.29, 0.717) is 12.0 Å². The highest BCUT2D eigenvalue weighted by Gasteiger charge is 2.45. The van der Waals surface area contributed by atoms with Gasteiger partial charge in [-0.25, -0.2) is 9.78 Å². The smallest absolute Gasteiger partial charge is 0.338 e. The lowest BCUT2D eigenvalue weighted by Gasteiger charge is -2.36. The van der Waals surface area contributed by atoms with Crippen LogP contribution in [-0.4, -0.2) is 58.3 Å². The summed E-state index contributed by atoms with van der Waals surface area (Å²) in [5, 5.41) is 14.1. The minimum Gasteiger partial charge on any atom is -0.458 e. The SMILES string of the molecule is C/C(=C\c1csc(C)n1)[C@@H]1C[C@@H]2O[C@@H]2CCC[C@H](C)C(OC(=O)c2ccccc2)[C@@H](C)C(=O)C(C)(C)[C@@H](O)CC(=O)O1. The van der Waals surface area contributed by atoms with Gasteiger partial charge in [-0.15, -0.1) is 11.3 Å². The van der Waals surface area contributed by atoms with Crippen LogP contribution in [0.5, 0.6) is 0 Å². The maximum absolute atomic E-state index is 13.8. The van der Waals surface area contributed by atoms with Crippen molar-refractivity contribution in [3.63, 3.8) is 0 Å². The third-order valence-corrected chi connectivity index (χ3v) is 9.42. The van der Waals surface area contributed by atoms with E-state index in [-0.39, 0.29) is 30.3 Å². The number of aliphatic hydroxyl groups is 1. The molecule has 3 heterocycles. The maximum Gasteiger partial charge on any atom is 0.338 e. The Labute approximate surface area is 252 Å². The Bertz CT molecular complexity index is 1290. The van der Waals surface area contributed by atoms with E-state index in [1.54, 1.807) is 56.4 Å². The minimum absolute atomic E-state index is 0.0416. The number of esters is 2. The van der Waals surface area contributed by atoms with Gasteiger partial charge in [0.1, 0.15) is 18.0 Å². The molecule has 2 aromatic rings. The van der Waals surface area contributed by atoms with Crippen LogP contribution in [0.3, 0.4) is 0 Å². The van der Waals surface area contributed by atoms with Crippen molar-refractivity contribution >= 4 is 35.1 Å². The van der Waals surface area contributed by atoms with E-state index in [1.165, 1.54) is 0 Å². The van der Waals surface area contributed by atoms with Gasteiger partial charge in [-0.05, 0) is 56.4 Å². The number of nitrogens with zero attached hydrogens (tertiary/aromatic N) is 1. The van der Waals surface area contributed by atoms with Crippen LogP contribution < -0.4 is 0 Å². The van der Waals surface area contributed by atoms with Crippen molar-refractivity contribution in [2.45, 2.75) is 104 Å². The molecule has 2 aliphatic heterocycles. The molecule has 1 unspecified atom stereocenters. The number of hydrogen-bond acceptors (Lipinski definition) is 9. The van der Waals surface area contributed by atoms with Gasteiger partial charge < -0.3 is 19.3 Å². The van der Waals surface area contributed by atoms with Crippen LogP contribution in [-0.2, 0) is 23.8 Å². The number of aromatic nitrogens is 1. The Morgan fingerprint density at radius 2 is 1.86 bits per heavy atom. The predicted octanol–water partition coefficient (Wildman–Crippen LogP) is 5.95. The first kappa shape index (κ1) is 32.0. The highest BCUT2D eigenvalue weighted by molar-refractivity contribution is 7.09. The molecular formula is C33H43NO7S. The molecule has 0 saturated carbocycles. The highest BCUT2D eigenvalue weighted by Crippen LogP contribution is 2.37. The van der Waals surface area contributed by atoms with Crippen molar-refractivity contribution in [3.05, 3.63) is 57.6 Å². The van der Waals surface area contributed by atoms with Gasteiger partial charge in [0.15, 0.2) is 0 Å². The lowest BCUT2D eigenvalue weighted by atomic mass is 9.73. The molecule has 0 aliphatic carbocycles. The zero-order chi connectivity index (χ0) is 30.6. The van der Waals surface area contributed by atoms with Gasteiger partial charge in [0.2, 0.25) is 0 Å². The van der Waals surface area contributed by atoms with Gasteiger partial charge in [-0.1, -0.05) is 52.3 Å². The predicted molar refractivity (Wildman–Crippen MR) is 161 cm³/mol. The molecule has 0 bridgehead atoms. The van der Waals surface area contributed by atoms with Crippen LogP contribution in [0.1, 0.15) is 87.8 Å². The van der Waals surface area contributed by atoms with E-state index in [2.05, 4.69) is 4.98 Å². The number of carbonyl (C=O) groups excluding carboxylic acids is 3. The Hall–Kier alpha value is -2.88. The van der Waals surface area contributed by atoms with Crippen LogP contribution in [0.15, 0.2) is 41.3 Å². The molecule has 0 spiro atoms. The number of thiazole rings is 1. The average Bonchev–Trinajstić information content (AvgIpc) is 3.56. The number of rotatable bonds is 4. The van der Waals surface area contributed by atoms with E-state index in [9.17, 15) is 19.5 Å². The molecule has 1 N–H and O–H groups in total. The number of ketones is 1. The van der Waals surface area contributed by atoms with Crippen molar-refractivity contribution in [1.29, 1.82) is 0 Å². The zero-order valence-electron chi connectivity index (χ0n) is 25.4. The number of fused-ring (bicyclic) bond motifs is 1. The molecule has 2 aliphatic rings. The van der Waals surface area contributed by atoms with Gasteiger partial charge in [-0.3, -0.25) is 9.59 Å². The first-order chi connectivity index (χ1) is 19.9. The standard InChI is InChI=1S/C33H43NO7S/c1-19-11-10-14-25-27(39-25)16-26(20(2)15-24-18-42-22(4)34-24)40-29(36)17-28(35)33(5,6)31(37)21(3)30(19)41-32(38)23-12-8-7-9-13-23/h7-9,12-13,15,18-19,21,25-28,30,35H,10-11,14,16-17H2,1-6H3/b20-15+/t19-,21+,25+,26-,27-,28-,30?/m0/s1. The summed E-state index contributed by atoms with van der Waals surface area (Å²) in [7, 11) is 0. The molecule has 0 amide bonds. The average molecular weight is 598 g/mol. The summed E-state index contributed by atoms with van der Waals surface area (Å²) in [6.07, 6.45) is 1.95. The van der Waals surface area contributed by atoms with Crippen molar-refractivity contribution in [3.8, 4) is 0 Å². The minimum atomic E-state index is -1.29. The summed E-state index contributed by atoms with van der Waals surface area (Å²) < 4.78 is 17.9. The van der Waals surface area contributed by atoms with E-state index in [1.807, 2.05) is 38.3 Å². The molecular weight excluding hydrogens is 554 g/mol. The fraction of sp³-hybridized carbons (Fsp3) is 0.576. The molecule has 8 nitrogen and oxygen atoms in total. The summed E-state index contributed by atoms with van der Waals surface area (Å²) in [5.74, 6) is -2.17.